The van der Waals surface area contributed by atoms with E-state index in [1.54, 1.807) is 0 Å². The molecule has 0 aromatic rings. The van der Waals surface area contributed by atoms with Crippen LogP contribution in [0.1, 0.15) is 26.2 Å². The lowest BCUT2D eigenvalue weighted by Gasteiger charge is -2.43. The molecule has 0 aromatic heterocycles. The van der Waals surface area contributed by atoms with E-state index in [1.807, 2.05) is 17.8 Å². The van der Waals surface area contributed by atoms with Crippen LogP contribution in [-0.2, 0) is 4.74 Å². The molecule has 2 amide bonds. The van der Waals surface area contributed by atoms with Gasteiger partial charge in [0.05, 0.1) is 13.2 Å². The molecule has 2 N–H and O–H groups in total. The zero-order valence-electron chi connectivity index (χ0n) is 13.6. The van der Waals surface area contributed by atoms with Crippen LogP contribution in [0.2, 0.25) is 0 Å². The summed E-state index contributed by atoms with van der Waals surface area (Å²) >= 11 is 1.99. The van der Waals surface area contributed by atoms with Gasteiger partial charge in [-0.25, -0.2) is 4.79 Å². The van der Waals surface area contributed by atoms with Crippen LogP contribution in [0.3, 0.4) is 0 Å². The van der Waals surface area contributed by atoms with E-state index in [0.717, 1.165) is 57.9 Å². The third-order valence-electron chi connectivity index (χ3n) is 4.62. The summed E-state index contributed by atoms with van der Waals surface area (Å²) in [5.74, 6) is 2.27. The van der Waals surface area contributed by atoms with Crippen molar-refractivity contribution in [2.45, 2.75) is 37.8 Å². The summed E-state index contributed by atoms with van der Waals surface area (Å²) in [7, 11) is 0. The lowest BCUT2D eigenvalue weighted by molar-refractivity contribution is -0.0124. The molecule has 0 aromatic carbocycles. The second-order valence-corrected chi connectivity index (χ2v) is 7.19. The molecule has 2 aliphatic rings. The molecule has 5 nitrogen and oxygen atoms in total. The van der Waals surface area contributed by atoms with E-state index >= 15 is 0 Å². The molecule has 2 rings (SSSR count). The fraction of sp³-hybridized carbons (Fsp3) is 0.812. The smallest absolute Gasteiger partial charge is 0.315 e. The first-order chi connectivity index (χ1) is 10.7. The number of nitrogens with zero attached hydrogens (tertiary/aromatic N) is 1. The van der Waals surface area contributed by atoms with Crippen LogP contribution in [0, 0.1) is 0 Å². The highest BCUT2D eigenvalue weighted by Gasteiger charge is 2.40. The topological polar surface area (TPSA) is 53.6 Å². The zero-order valence-corrected chi connectivity index (χ0v) is 14.4. The van der Waals surface area contributed by atoms with Crippen molar-refractivity contribution in [1.82, 2.24) is 15.5 Å². The average molecular weight is 327 g/mol. The van der Waals surface area contributed by atoms with E-state index < -0.39 is 0 Å². The van der Waals surface area contributed by atoms with Crippen molar-refractivity contribution in [3.8, 4) is 0 Å². The first-order valence-electron chi connectivity index (χ1n) is 8.26. The molecular formula is C16H29N3O2S. The summed E-state index contributed by atoms with van der Waals surface area (Å²) in [5, 5.41) is 6.15. The van der Waals surface area contributed by atoms with Gasteiger partial charge in [0, 0.05) is 37.0 Å². The lowest BCUT2D eigenvalue weighted by atomic mass is 9.95. The van der Waals surface area contributed by atoms with Gasteiger partial charge in [0.1, 0.15) is 0 Å². The van der Waals surface area contributed by atoms with Gasteiger partial charge in [-0.15, -0.1) is 6.58 Å². The fourth-order valence-corrected chi connectivity index (χ4v) is 4.62. The number of morpholine rings is 1. The number of urea groups is 1. The Balaban J connectivity index is 1.86. The van der Waals surface area contributed by atoms with Crippen molar-refractivity contribution in [3.05, 3.63) is 12.7 Å². The fourth-order valence-electron chi connectivity index (χ4n) is 3.14. The van der Waals surface area contributed by atoms with Crippen LogP contribution in [0.15, 0.2) is 12.7 Å². The Morgan fingerprint density at radius 2 is 2.27 bits per heavy atom. The van der Waals surface area contributed by atoms with Gasteiger partial charge in [-0.3, -0.25) is 4.90 Å². The minimum atomic E-state index is -0.0572. The Labute approximate surface area is 138 Å². The van der Waals surface area contributed by atoms with Crippen molar-refractivity contribution >= 4 is 17.8 Å². The maximum atomic E-state index is 12.2. The zero-order chi connectivity index (χ0) is 15.8. The van der Waals surface area contributed by atoms with Crippen LogP contribution in [0.25, 0.3) is 0 Å². The second kappa shape index (κ2) is 8.79. The van der Waals surface area contributed by atoms with E-state index in [4.69, 9.17) is 4.74 Å². The van der Waals surface area contributed by atoms with E-state index in [0.29, 0.717) is 0 Å². The highest BCUT2D eigenvalue weighted by Crippen LogP contribution is 2.33. The van der Waals surface area contributed by atoms with Crippen LogP contribution in [0.4, 0.5) is 4.79 Å². The maximum absolute atomic E-state index is 12.2. The summed E-state index contributed by atoms with van der Waals surface area (Å²) < 4.78 is 5.47. The number of amides is 2. The Morgan fingerprint density at radius 3 is 2.86 bits per heavy atom. The van der Waals surface area contributed by atoms with Gasteiger partial charge < -0.3 is 15.4 Å². The van der Waals surface area contributed by atoms with Crippen molar-refractivity contribution in [1.29, 1.82) is 0 Å². The van der Waals surface area contributed by atoms with Gasteiger partial charge in [-0.2, -0.15) is 11.8 Å². The van der Waals surface area contributed by atoms with Crippen molar-refractivity contribution in [2.24, 2.45) is 0 Å². The molecule has 0 bridgehead atoms. The van der Waals surface area contributed by atoms with Gasteiger partial charge in [0.15, 0.2) is 0 Å². The van der Waals surface area contributed by atoms with Gasteiger partial charge in [-0.05, 0) is 25.0 Å². The van der Waals surface area contributed by atoms with Crippen LogP contribution < -0.4 is 10.6 Å². The third-order valence-corrected chi connectivity index (χ3v) is 5.86. The normalized spacial score (nSPS) is 27.3. The summed E-state index contributed by atoms with van der Waals surface area (Å²) in [6.45, 7) is 10.1. The number of hydrogen-bond donors (Lipinski definition) is 2. The second-order valence-electron chi connectivity index (χ2n) is 6.08. The SMILES string of the molecule is C=CC[C@@H](CC)NC(=O)NC[C@]1(N2CCOCC2)CCSC1. The van der Waals surface area contributed by atoms with E-state index in [2.05, 4.69) is 29.0 Å². The van der Waals surface area contributed by atoms with Gasteiger partial charge in [-0.1, -0.05) is 13.0 Å². The summed E-state index contributed by atoms with van der Waals surface area (Å²) in [5.41, 5.74) is 0.103. The maximum Gasteiger partial charge on any atom is 0.315 e. The Bertz CT molecular complexity index is 366. The number of nitrogens with one attached hydrogen (secondary N) is 2. The Kier molecular flexibility index (Phi) is 7.05. The van der Waals surface area contributed by atoms with Crippen molar-refractivity contribution < 1.29 is 9.53 Å². The number of thioether (sulfide) groups is 1. The Morgan fingerprint density at radius 1 is 1.50 bits per heavy atom. The van der Waals surface area contributed by atoms with Crippen LogP contribution in [-0.4, -0.2) is 66.9 Å². The van der Waals surface area contributed by atoms with Crippen LogP contribution >= 0.6 is 11.8 Å². The van der Waals surface area contributed by atoms with E-state index in [-0.39, 0.29) is 17.6 Å². The molecule has 2 saturated heterocycles. The summed E-state index contributed by atoms with van der Waals surface area (Å²) in [4.78, 5) is 14.7. The molecule has 0 saturated carbocycles. The molecule has 126 valence electrons. The monoisotopic (exact) mass is 327 g/mol. The molecule has 22 heavy (non-hydrogen) atoms. The molecule has 0 spiro atoms. The minimum absolute atomic E-state index is 0.0572. The van der Waals surface area contributed by atoms with Crippen molar-refractivity contribution in [3.63, 3.8) is 0 Å². The largest absolute Gasteiger partial charge is 0.379 e. The Hall–Kier alpha value is -0.720. The number of hydrogen-bond acceptors (Lipinski definition) is 4. The average Bonchev–Trinajstić information content (AvgIpc) is 3.03. The molecular weight excluding hydrogens is 298 g/mol. The van der Waals surface area contributed by atoms with Crippen LogP contribution in [0.5, 0.6) is 0 Å². The van der Waals surface area contributed by atoms with Gasteiger partial charge in [0.2, 0.25) is 0 Å². The highest BCUT2D eigenvalue weighted by molar-refractivity contribution is 7.99. The summed E-state index contributed by atoms with van der Waals surface area (Å²) in [6, 6.07) is 0.119. The molecule has 0 aliphatic carbocycles. The third kappa shape index (κ3) is 4.64. The molecule has 2 aliphatic heterocycles. The van der Waals surface area contributed by atoms with E-state index in [9.17, 15) is 4.79 Å². The molecule has 2 fully saturated rings. The first-order valence-corrected chi connectivity index (χ1v) is 9.41. The van der Waals surface area contributed by atoms with Crippen molar-refractivity contribution in [2.75, 3.05) is 44.4 Å². The molecule has 0 unspecified atom stereocenters. The van der Waals surface area contributed by atoms with Gasteiger partial charge >= 0.3 is 6.03 Å². The standard InChI is InChI=1S/C16H29N3O2S/c1-3-5-14(4-2)18-15(20)17-12-16(6-11-22-13-16)19-7-9-21-10-8-19/h3,14H,1,4-13H2,2H3,(H2,17,18,20)/t14-,16-/m1/s1. The number of carbonyl (C=O) groups excluding carboxylic acids is 1. The predicted molar refractivity (Wildman–Crippen MR) is 92.5 cm³/mol. The number of rotatable bonds is 7. The lowest BCUT2D eigenvalue weighted by Crippen LogP contribution is -2.60. The molecule has 2 atom stereocenters. The first kappa shape index (κ1) is 17.6. The predicted octanol–water partition coefficient (Wildman–Crippen LogP) is 1.85. The molecule has 0 radical (unpaired) electrons. The molecule has 6 heteroatoms. The quantitative estimate of drug-likeness (QED) is 0.701. The highest BCUT2D eigenvalue weighted by atomic mass is 32.2. The summed E-state index contributed by atoms with van der Waals surface area (Å²) in [6.07, 6.45) is 4.73. The minimum Gasteiger partial charge on any atom is -0.379 e. The number of carbonyl (C=O) groups is 1. The molecule has 2 heterocycles. The number of ether oxygens (including phenoxy) is 1. The van der Waals surface area contributed by atoms with Gasteiger partial charge in [0.25, 0.3) is 0 Å². The van der Waals surface area contributed by atoms with E-state index in [1.165, 1.54) is 5.75 Å².